The van der Waals surface area contributed by atoms with Crippen LogP contribution < -0.4 is 4.46 Å². The molecule has 0 aromatic heterocycles. The zero-order valence-electron chi connectivity index (χ0n) is 17.5. The zero-order chi connectivity index (χ0) is 19.2. The first-order valence-electron chi connectivity index (χ1n) is 10.6. The molecule has 3 nitrogen and oxygen atoms in total. The fraction of sp³-hybridized carbons (Fsp3) is 0.739. The summed E-state index contributed by atoms with van der Waals surface area (Å²) in [6.07, 6.45) is 4.33. The number of rotatable bonds is 2. The Kier molecular flexibility index (Phi) is 5.50. The number of benzene rings is 1. The van der Waals surface area contributed by atoms with Crippen molar-refractivity contribution in [1.82, 2.24) is 4.90 Å². The van der Waals surface area contributed by atoms with E-state index in [1.54, 1.807) is 0 Å². The predicted octanol–water partition coefficient (Wildman–Crippen LogP) is 3.86. The van der Waals surface area contributed by atoms with Crippen molar-refractivity contribution in [2.24, 2.45) is 11.8 Å². The quantitative estimate of drug-likeness (QED) is 0.658. The summed E-state index contributed by atoms with van der Waals surface area (Å²) in [6, 6.07) is 11.0. The van der Waals surface area contributed by atoms with Crippen LogP contribution in [0.1, 0.15) is 53.9 Å². The Balaban J connectivity index is 1.60. The monoisotopic (exact) mass is 437 g/mol. The molecule has 2 saturated heterocycles. The molecule has 0 unspecified atom stereocenters. The van der Waals surface area contributed by atoms with Gasteiger partial charge in [0, 0.05) is 0 Å². The maximum absolute atomic E-state index is 6.68. The third-order valence-corrected chi connectivity index (χ3v) is 10.4. The van der Waals surface area contributed by atoms with Gasteiger partial charge in [0.15, 0.2) is 0 Å². The van der Waals surface area contributed by atoms with Crippen molar-refractivity contribution in [2.75, 3.05) is 13.2 Å². The molecule has 0 radical (unpaired) electrons. The van der Waals surface area contributed by atoms with Crippen LogP contribution in [0.4, 0.5) is 0 Å². The van der Waals surface area contributed by atoms with Gasteiger partial charge in [-0.25, -0.2) is 0 Å². The van der Waals surface area contributed by atoms with Gasteiger partial charge in [-0.2, -0.15) is 0 Å². The van der Waals surface area contributed by atoms with Gasteiger partial charge in [-0.15, -0.1) is 0 Å². The van der Waals surface area contributed by atoms with Gasteiger partial charge in [0.25, 0.3) is 0 Å². The van der Waals surface area contributed by atoms with Crippen molar-refractivity contribution in [3.8, 4) is 0 Å². The SMILES string of the molecule is C[C@@H]1CC[C@@H]2[C@@H](C1)O[C@H]1COC(C)(C)[C@H]([Se]c3ccccc3)CN1C2(C)C. The van der Waals surface area contributed by atoms with E-state index in [-0.39, 0.29) is 17.4 Å². The molecule has 150 valence electrons. The van der Waals surface area contributed by atoms with E-state index in [2.05, 4.69) is 69.9 Å². The number of nitrogens with zero attached hydrogens (tertiary/aromatic N) is 1. The maximum atomic E-state index is 6.68. The van der Waals surface area contributed by atoms with E-state index in [0.29, 0.717) is 38.4 Å². The van der Waals surface area contributed by atoms with Crippen LogP contribution in [-0.4, -0.2) is 56.5 Å². The molecule has 1 aromatic rings. The van der Waals surface area contributed by atoms with E-state index < -0.39 is 0 Å². The molecule has 1 aromatic carbocycles. The van der Waals surface area contributed by atoms with Gasteiger partial charge in [-0.05, 0) is 0 Å². The molecule has 2 aliphatic heterocycles. The average Bonchev–Trinajstić information content (AvgIpc) is 2.74. The van der Waals surface area contributed by atoms with Gasteiger partial charge in [-0.1, -0.05) is 0 Å². The predicted molar refractivity (Wildman–Crippen MR) is 112 cm³/mol. The van der Waals surface area contributed by atoms with Crippen molar-refractivity contribution in [2.45, 2.75) is 82.2 Å². The van der Waals surface area contributed by atoms with Crippen LogP contribution in [0.2, 0.25) is 4.82 Å². The minimum absolute atomic E-state index is 0.0994. The molecule has 4 heteroatoms. The second-order valence-electron chi connectivity index (χ2n) is 9.79. The van der Waals surface area contributed by atoms with Crippen molar-refractivity contribution in [3.05, 3.63) is 30.3 Å². The molecule has 5 atom stereocenters. The Morgan fingerprint density at radius 1 is 1.07 bits per heavy atom. The van der Waals surface area contributed by atoms with E-state index in [0.717, 1.165) is 12.5 Å². The molecule has 1 aliphatic carbocycles. The van der Waals surface area contributed by atoms with Gasteiger partial charge < -0.3 is 0 Å². The standard InChI is InChI=1S/C23H35NO2Se/c1-16-11-12-18-19(13-16)26-21-15-25-23(4,5)20(14-24(21)22(18,2)3)27-17-9-7-6-8-10-17/h6-10,16,18-21H,11-15H2,1-5H3/t16-,18-,19-,20-,21+/m1/s1. The molecule has 0 amide bonds. The van der Waals surface area contributed by atoms with Crippen LogP contribution in [-0.2, 0) is 9.47 Å². The van der Waals surface area contributed by atoms with Crippen molar-refractivity contribution < 1.29 is 9.47 Å². The number of ether oxygens (including phenoxy) is 2. The van der Waals surface area contributed by atoms with Crippen LogP contribution >= 0.6 is 0 Å². The summed E-state index contributed by atoms with van der Waals surface area (Å²) >= 11 is 0.383. The van der Waals surface area contributed by atoms with Crippen LogP contribution in [0.25, 0.3) is 0 Å². The van der Waals surface area contributed by atoms with Gasteiger partial charge in [-0.3, -0.25) is 0 Å². The summed E-state index contributed by atoms with van der Waals surface area (Å²) < 4.78 is 14.6. The minimum atomic E-state index is -0.120. The summed E-state index contributed by atoms with van der Waals surface area (Å²) in [6.45, 7) is 13.6. The van der Waals surface area contributed by atoms with Gasteiger partial charge in [0.2, 0.25) is 0 Å². The van der Waals surface area contributed by atoms with Gasteiger partial charge >= 0.3 is 171 Å². The first kappa shape index (κ1) is 19.9. The number of hydrogen-bond acceptors (Lipinski definition) is 3. The Bertz CT molecular complexity index is 647. The van der Waals surface area contributed by atoms with E-state index in [1.165, 1.54) is 23.7 Å². The number of hydrogen-bond donors (Lipinski definition) is 0. The van der Waals surface area contributed by atoms with Crippen LogP contribution in [0, 0.1) is 11.8 Å². The Hall–Kier alpha value is -0.381. The summed E-state index contributed by atoms with van der Waals surface area (Å²) in [5.41, 5.74) is 0.0492. The van der Waals surface area contributed by atoms with Crippen molar-refractivity contribution in [3.63, 3.8) is 0 Å². The third-order valence-electron chi connectivity index (χ3n) is 7.14. The first-order chi connectivity index (χ1) is 12.8. The molecule has 0 spiro atoms. The fourth-order valence-corrected chi connectivity index (χ4v) is 7.83. The molecular weight excluding hydrogens is 401 g/mol. The van der Waals surface area contributed by atoms with E-state index in [4.69, 9.17) is 9.47 Å². The van der Waals surface area contributed by atoms with E-state index in [9.17, 15) is 0 Å². The molecule has 2 heterocycles. The summed E-state index contributed by atoms with van der Waals surface area (Å²) in [4.78, 5) is 3.17. The number of fused-ring (bicyclic) bond motifs is 2. The van der Waals surface area contributed by atoms with Gasteiger partial charge in [0.05, 0.1) is 0 Å². The fourth-order valence-electron chi connectivity index (χ4n) is 5.25. The molecular formula is C23H35NO2Se. The van der Waals surface area contributed by atoms with Crippen molar-refractivity contribution in [1.29, 1.82) is 0 Å². The Labute approximate surface area is 171 Å². The molecule has 0 N–H and O–H groups in total. The summed E-state index contributed by atoms with van der Waals surface area (Å²) in [5, 5.41) is 0. The first-order valence-corrected chi connectivity index (χ1v) is 12.4. The normalized spacial score (nSPS) is 38.5. The van der Waals surface area contributed by atoms with Gasteiger partial charge in [0.1, 0.15) is 0 Å². The molecule has 27 heavy (non-hydrogen) atoms. The molecule has 3 aliphatic rings. The van der Waals surface area contributed by atoms with E-state index in [1.807, 2.05) is 0 Å². The molecule has 4 rings (SSSR count). The molecule has 3 fully saturated rings. The summed E-state index contributed by atoms with van der Waals surface area (Å²) in [5.74, 6) is 1.42. The second kappa shape index (κ2) is 7.46. The molecule has 0 bridgehead atoms. The molecule has 1 saturated carbocycles. The van der Waals surface area contributed by atoms with E-state index >= 15 is 0 Å². The Morgan fingerprint density at radius 3 is 2.56 bits per heavy atom. The van der Waals surface area contributed by atoms with Crippen molar-refractivity contribution >= 4 is 19.4 Å². The Morgan fingerprint density at radius 2 is 1.81 bits per heavy atom. The topological polar surface area (TPSA) is 21.7 Å². The van der Waals surface area contributed by atoms with Crippen LogP contribution in [0.15, 0.2) is 30.3 Å². The average molecular weight is 436 g/mol. The third kappa shape index (κ3) is 3.89. The summed E-state index contributed by atoms with van der Waals surface area (Å²) in [7, 11) is 0. The second-order valence-corrected chi connectivity index (χ2v) is 12.5. The van der Waals surface area contributed by atoms with Crippen LogP contribution in [0.3, 0.4) is 0 Å². The zero-order valence-corrected chi connectivity index (χ0v) is 19.2. The van der Waals surface area contributed by atoms with Crippen LogP contribution in [0.5, 0.6) is 0 Å².